The van der Waals surface area contributed by atoms with Gasteiger partial charge in [0.1, 0.15) is 0 Å². The topological polar surface area (TPSA) is 40.1 Å². The van der Waals surface area contributed by atoms with E-state index in [4.69, 9.17) is 23.2 Å². The van der Waals surface area contributed by atoms with Crippen LogP contribution in [-0.4, -0.2) is 5.97 Å². The average molecular weight is 218 g/mol. The maximum absolute atomic E-state index is 10.2. The van der Waals surface area contributed by atoms with Crippen LogP contribution in [0, 0.1) is 0 Å². The van der Waals surface area contributed by atoms with Crippen molar-refractivity contribution in [3.05, 3.63) is 33.8 Å². The molecule has 0 saturated carbocycles. The Morgan fingerprint density at radius 2 is 2.00 bits per heavy atom. The Labute approximate surface area is 86.1 Å². The lowest BCUT2D eigenvalue weighted by Gasteiger charge is -2.03. The number of halogens is 2. The predicted molar refractivity (Wildman–Crippen MR) is 49.8 cm³/mol. The standard InChI is InChI=1S/C9H8Cl2O2/c10-7-3-1-6(5-8(7)11)2-4-9(12)13/h1,3,5H,2,4H2,(H,12,13)/p-1. The number of hydrogen-bond donors (Lipinski definition) is 0. The zero-order valence-corrected chi connectivity index (χ0v) is 8.23. The minimum atomic E-state index is -1.06. The van der Waals surface area contributed by atoms with Gasteiger partial charge in [0.25, 0.3) is 0 Å². The fourth-order valence-electron chi connectivity index (χ4n) is 0.942. The zero-order valence-electron chi connectivity index (χ0n) is 6.72. The first-order valence-corrected chi connectivity index (χ1v) is 4.49. The molecule has 13 heavy (non-hydrogen) atoms. The largest absolute Gasteiger partial charge is 0.550 e. The number of rotatable bonds is 3. The molecule has 0 aliphatic rings. The molecule has 2 nitrogen and oxygen atoms in total. The summed E-state index contributed by atoms with van der Waals surface area (Å²) in [5, 5.41) is 11.1. The summed E-state index contributed by atoms with van der Waals surface area (Å²) in [5.41, 5.74) is 0.846. The predicted octanol–water partition coefficient (Wildman–Crippen LogP) is 1.68. The number of aliphatic carboxylic acids is 1. The summed E-state index contributed by atoms with van der Waals surface area (Å²) in [6.07, 6.45) is 0.414. The molecule has 0 aromatic heterocycles. The van der Waals surface area contributed by atoms with Gasteiger partial charge in [0.15, 0.2) is 0 Å². The first-order chi connectivity index (χ1) is 6.09. The summed E-state index contributed by atoms with van der Waals surface area (Å²) in [5.74, 6) is -1.06. The molecule has 0 saturated heterocycles. The van der Waals surface area contributed by atoms with Crippen molar-refractivity contribution in [3.8, 4) is 0 Å². The van der Waals surface area contributed by atoms with E-state index in [2.05, 4.69) is 0 Å². The highest BCUT2D eigenvalue weighted by Crippen LogP contribution is 2.22. The van der Waals surface area contributed by atoms with E-state index in [-0.39, 0.29) is 6.42 Å². The van der Waals surface area contributed by atoms with Crippen LogP contribution >= 0.6 is 23.2 Å². The molecule has 0 radical (unpaired) electrons. The molecule has 0 unspecified atom stereocenters. The second kappa shape index (κ2) is 4.49. The third-order valence-electron chi connectivity index (χ3n) is 1.60. The molecular weight excluding hydrogens is 211 g/mol. The van der Waals surface area contributed by atoms with Gasteiger partial charge >= 0.3 is 0 Å². The van der Waals surface area contributed by atoms with Crippen molar-refractivity contribution in [2.45, 2.75) is 12.8 Å². The van der Waals surface area contributed by atoms with E-state index < -0.39 is 5.97 Å². The zero-order chi connectivity index (χ0) is 9.84. The second-order valence-corrected chi connectivity index (χ2v) is 3.43. The van der Waals surface area contributed by atoms with Gasteiger partial charge in [-0.25, -0.2) is 0 Å². The molecule has 0 N–H and O–H groups in total. The summed E-state index contributed by atoms with van der Waals surface area (Å²) in [6, 6.07) is 5.05. The van der Waals surface area contributed by atoms with Crippen LogP contribution in [0.25, 0.3) is 0 Å². The minimum Gasteiger partial charge on any atom is -0.550 e. The van der Waals surface area contributed by atoms with Crippen LogP contribution in [-0.2, 0) is 11.2 Å². The van der Waals surface area contributed by atoms with Gasteiger partial charge in [-0.3, -0.25) is 0 Å². The van der Waals surface area contributed by atoms with Crippen LogP contribution in [0.1, 0.15) is 12.0 Å². The van der Waals surface area contributed by atoms with Crippen molar-refractivity contribution in [1.82, 2.24) is 0 Å². The van der Waals surface area contributed by atoms with Crippen molar-refractivity contribution >= 4 is 29.2 Å². The van der Waals surface area contributed by atoms with Gasteiger partial charge in [-0.1, -0.05) is 29.3 Å². The molecule has 0 spiro atoms. The molecule has 0 aliphatic heterocycles. The fourth-order valence-corrected chi connectivity index (χ4v) is 1.26. The first kappa shape index (κ1) is 10.4. The van der Waals surface area contributed by atoms with E-state index in [1.807, 2.05) is 0 Å². The van der Waals surface area contributed by atoms with Crippen molar-refractivity contribution in [1.29, 1.82) is 0 Å². The van der Waals surface area contributed by atoms with Crippen LogP contribution in [0.3, 0.4) is 0 Å². The number of carboxylic acid groups (broad SMARTS) is 1. The number of benzene rings is 1. The summed E-state index contributed by atoms with van der Waals surface area (Å²) in [7, 11) is 0. The second-order valence-electron chi connectivity index (χ2n) is 2.62. The molecule has 0 atom stereocenters. The lowest BCUT2D eigenvalue weighted by molar-refractivity contribution is -0.305. The number of carbonyl (C=O) groups is 1. The molecule has 1 rings (SSSR count). The molecule has 0 heterocycles. The SMILES string of the molecule is O=C([O-])CCc1ccc(Cl)c(Cl)c1. The van der Waals surface area contributed by atoms with Crippen molar-refractivity contribution in [2.24, 2.45) is 0 Å². The third kappa shape index (κ3) is 3.25. The van der Waals surface area contributed by atoms with E-state index in [1.165, 1.54) is 0 Å². The van der Waals surface area contributed by atoms with E-state index in [0.29, 0.717) is 16.5 Å². The highest BCUT2D eigenvalue weighted by atomic mass is 35.5. The van der Waals surface area contributed by atoms with Gasteiger partial charge in [-0.2, -0.15) is 0 Å². The summed E-state index contributed by atoms with van der Waals surface area (Å²) >= 11 is 11.4. The molecular formula is C9H7Cl2O2-. The number of hydrogen-bond acceptors (Lipinski definition) is 2. The Morgan fingerprint density at radius 1 is 1.31 bits per heavy atom. The van der Waals surface area contributed by atoms with Gasteiger partial charge in [-0.15, -0.1) is 0 Å². The lowest BCUT2D eigenvalue weighted by atomic mass is 10.1. The Bertz CT molecular complexity index is 323. The van der Waals surface area contributed by atoms with Crippen LogP contribution in [0.15, 0.2) is 18.2 Å². The van der Waals surface area contributed by atoms with E-state index in [9.17, 15) is 9.90 Å². The van der Waals surface area contributed by atoms with Gasteiger partial charge in [0.05, 0.1) is 10.0 Å². The summed E-state index contributed by atoms with van der Waals surface area (Å²) in [4.78, 5) is 10.2. The van der Waals surface area contributed by atoms with Gasteiger partial charge in [0, 0.05) is 5.97 Å². The monoisotopic (exact) mass is 217 g/mol. The molecule has 0 fully saturated rings. The highest BCUT2D eigenvalue weighted by Gasteiger charge is 1.99. The lowest BCUT2D eigenvalue weighted by Crippen LogP contribution is -2.22. The average Bonchev–Trinajstić information content (AvgIpc) is 2.07. The van der Waals surface area contributed by atoms with Crippen LogP contribution in [0.2, 0.25) is 10.0 Å². The Hall–Kier alpha value is -0.730. The minimum absolute atomic E-state index is 0.00202. The Balaban J connectivity index is 2.68. The maximum atomic E-state index is 10.2. The van der Waals surface area contributed by atoms with Crippen molar-refractivity contribution in [2.75, 3.05) is 0 Å². The molecule has 0 aliphatic carbocycles. The Morgan fingerprint density at radius 3 is 2.54 bits per heavy atom. The van der Waals surface area contributed by atoms with Crippen LogP contribution in [0.5, 0.6) is 0 Å². The molecule has 70 valence electrons. The van der Waals surface area contributed by atoms with E-state index in [0.717, 1.165) is 5.56 Å². The number of aryl methyl sites for hydroxylation is 1. The van der Waals surface area contributed by atoms with Crippen LogP contribution < -0.4 is 5.11 Å². The molecule has 1 aromatic rings. The quantitative estimate of drug-likeness (QED) is 0.774. The smallest absolute Gasteiger partial charge is 0.0595 e. The van der Waals surface area contributed by atoms with E-state index in [1.54, 1.807) is 18.2 Å². The highest BCUT2D eigenvalue weighted by molar-refractivity contribution is 6.42. The summed E-state index contributed by atoms with van der Waals surface area (Å²) in [6.45, 7) is 0. The van der Waals surface area contributed by atoms with Crippen LogP contribution in [0.4, 0.5) is 0 Å². The number of carboxylic acids is 1. The molecule has 4 heteroatoms. The van der Waals surface area contributed by atoms with Crippen molar-refractivity contribution in [3.63, 3.8) is 0 Å². The Kier molecular flexibility index (Phi) is 3.58. The van der Waals surface area contributed by atoms with Crippen molar-refractivity contribution < 1.29 is 9.90 Å². The normalized spacial score (nSPS) is 10.0. The molecule has 1 aromatic carbocycles. The van der Waals surface area contributed by atoms with Gasteiger partial charge in [-0.05, 0) is 30.5 Å². The fraction of sp³-hybridized carbons (Fsp3) is 0.222. The first-order valence-electron chi connectivity index (χ1n) is 3.73. The van der Waals surface area contributed by atoms with E-state index >= 15 is 0 Å². The third-order valence-corrected chi connectivity index (χ3v) is 2.34. The molecule has 0 amide bonds. The summed E-state index contributed by atoms with van der Waals surface area (Å²) < 4.78 is 0. The maximum Gasteiger partial charge on any atom is 0.0595 e. The number of carbonyl (C=O) groups excluding carboxylic acids is 1. The van der Waals surface area contributed by atoms with Gasteiger partial charge in [0.2, 0.25) is 0 Å². The van der Waals surface area contributed by atoms with Gasteiger partial charge < -0.3 is 9.90 Å². The molecule has 0 bridgehead atoms.